The SMILES string of the molecule is N#Cc1cc(-c2n[nH]c3cc(F)c(O[C@H](N)c4c(Cl)cncc4Cl)cc23)cnc1N1CCS1(=O)=O. The van der Waals surface area contributed by atoms with Crippen molar-refractivity contribution in [3.05, 3.63) is 63.8 Å². The van der Waals surface area contributed by atoms with Gasteiger partial charge in [0, 0.05) is 41.2 Å². The highest BCUT2D eigenvalue weighted by Crippen LogP contribution is 2.36. The van der Waals surface area contributed by atoms with Crippen LogP contribution in [0.4, 0.5) is 10.2 Å². The van der Waals surface area contributed by atoms with E-state index in [1.807, 2.05) is 6.07 Å². The Morgan fingerprint density at radius 3 is 2.60 bits per heavy atom. The zero-order valence-electron chi connectivity index (χ0n) is 17.5. The second-order valence-electron chi connectivity index (χ2n) is 7.55. The Morgan fingerprint density at radius 1 is 1.23 bits per heavy atom. The molecular formula is C21H14Cl2FN7O3S. The molecule has 14 heteroatoms. The molecule has 1 atom stereocenters. The van der Waals surface area contributed by atoms with Gasteiger partial charge in [-0.2, -0.15) is 10.4 Å². The lowest BCUT2D eigenvalue weighted by atomic mass is 10.1. The molecule has 0 radical (unpaired) electrons. The molecule has 0 bridgehead atoms. The Labute approximate surface area is 208 Å². The lowest BCUT2D eigenvalue weighted by molar-refractivity contribution is 0.205. The minimum Gasteiger partial charge on any atom is -0.468 e. The van der Waals surface area contributed by atoms with E-state index in [2.05, 4.69) is 20.2 Å². The molecule has 0 aliphatic carbocycles. The van der Waals surface area contributed by atoms with Gasteiger partial charge in [-0.1, -0.05) is 23.2 Å². The fourth-order valence-electron chi connectivity index (χ4n) is 3.65. The topological polar surface area (TPSA) is 151 Å². The first-order valence-corrected chi connectivity index (χ1v) is 12.4. The van der Waals surface area contributed by atoms with Crippen LogP contribution in [0.1, 0.15) is 17.4 Å². The summed E-state index contributed by atoms with van der Waals surface area (Å²) in [6.07, 6.45) is 2.89. The third-order valence-electron chi connectivity index (χ3n) is 5.43. The second kappa shape index (κ2) is 8.62. The van der Waals surface area contributed by atoms with Gasteiger partial charge in [0.25, 0.3) is 0 Å². The number of fused-ring (bicyclic) bond motifs is 1. The average molecular weight is 534 g/mol. The molecule has 4 aromatic rings. The molecule has 178 valence electrons. The fraction of sp³-hybridized carbons (Fsp3) is 0.143. The number of halogens is 3. The van der Waals surface area contributed by atoms with Crippen molar-refractivity contribution in [3.63, 3.8) is 0 Å². The number of benzene rings is 1. The average Bonchev–Trinajstić information content (AvgIpc) is 3.21. The molecule has 0 spiro atoms. The molecule has 4 heterocycles. The molecule has 0 saturated carbocycles. The standard InChI is InChI=1S/C21H14Cl2FN7O3S/c22-13-8-27-9-14(23)18(13)20(26)34-17-4-12-16(5-15(17)24)29-30-19(12)11-3-10(6-25)21(28-7-11)31-1-2-35(31,32)33/h3-5,7-9,20H,1-2,26H2,(H,29,30)/t20-/m0/s1. The van der Waals surface area contributed by atoms with E-state index in [9.17, 15) is 18.1 Å². The Bertz CT molecular complexity index is 1620. The molecular weight excluding hydrogens is 520 g/mol. The van der Waals surface area contributed by atoms with E-state index in [1.165, 1.54) is 36.8 Å². The summed E-state index contributed by atoms with van der Waals surface area (Å²) < 4.78 is 45.4. The van der Waals surface area contributed by atoms with Crippen LogP contribution in [0.25, 0.3) is 22.2 Å². The van der Waals surface area contributed by atoms with Gasteiger partial charge < -0.3 is 4.74 Å². The first-order valence-electron chi connectivity index (χ1n) is 9.99. The fourth-order valence-corrected chi connectivity index (χ4v) is 5.31. The van der Waals surface area contributed by atoms with Crippen molar-refractivity contribution in [2.45, 2.75) is 6.23 Å². The number of hydrogen-bond acceptors (Lipinski definition) is 8. The molecule has 35 heavy (non-hydrogen) atoms. The van der Waals surface area contributed by atoms with Gasteiger partial charge in [0.2, 0.25) is 10.0 Å². The van der Waals surface area contributed by atoms with Crippen molar-refractivity contribution in [1.82, 2.24) is 20.2 Å². The van der Waals surface area contributed by atoms with Gasteiger partial charge in [-0.3, -0.25) is 20.1 Å². The monoisotopic (exact) mass is 533 g/mol. The first kappa shape index (κ1) is 23.3. The van der Waals surface area contributed by atoms with Crippen molar-refractivity contribution in [1.29, 1.82) is 5.26 Å². The van der Waals surface area contributed by atoms with E-state index in [4.69, 9.17) is 33.7 Å². The molecule has 10 nitrogen and oxygen atoms in total. The number of nitriles is 1. The van der Waals surface area contributed by atoms with Crippen LogP contribution in [0, 0.1) is 17.1 Å². The van der Waals surface area contributed by atoms with Crippen LogP contribution in [0.15, 0.2) is 36.8 Å². The lowest BCUT2D eigenvalue weighted by Gasteiger charge is -2.31. The van der Waals surface area contributed by atoms with Crippen molar-refractivity contribution in [2.75, 3.05) is 16.6 Å². The second-order valence-corrected chi connectivity index (χ2v) is 10.4. The zero-order chi connectivity index (χ0) is 24.9. The van der Waals surface area contributed by atoms with Crippen molar-refractivity contribution < 1.29 is 17.5 Å². The Kier molecular flexibility index (Phi) is 5.72. The highest BCUT2D eigenvalue weighted by molar-refractivity contribution is 7.94. The number of nitrogens with zero attached hydrogens (tertiary/aromatic N) is 5. The maximum Gasteiger partial charge on any atom is 0.238 e. The Balaban J connectivity index is 1.53. The number of H-pyrrole nitrogens is 1. The van der Waals surface area contributed by atoms with E-state index >= 15 is 0 Å². The number of aromatic amines is 1. The van der Waals surface area contributed by atoms with Crippen LogP contribution in [0.5, 0.6) is 5.75 Å². The minimum atomic E-state index is -3.46. The maximum atomic E-state index is 14.8. The Hall–Kier alpha value is -3.50. The van der Waals surface area contributed by atoms with Gasteiger partial charge in [0.05, 0.1) is 33.4 Å². The summed E-state index contributed by atoms with van der Waals surface area (Å²) in [5, 5.41) is 17.3. The largest absolute Gasteiger partial charge is 0.468 e. The van der Waals surface area contributed by atoms with E-state index in [1.54, 1.807) is 0 Å². The lowest BCUT2D eigenvalue weighted by Crippen LogP contribution is -2.48. The number of rotatable bonds is 5. The number of nitrogens with one attached hydrogen (secondary N) is 1. The van der Waals surface area contributed by atoms with Gasteiger partial charge >= 0.3 is 0 Å². The molecule has 5 rings (SSSR count). The number of sulfonamides is 1. The van der Waals surface area contributed by atoms with Gasteiger partial charge in [0.1, 0.15) is 11.8 Å². The minimum absolute atomic E-state index is 0.00228. The normalized spacial score (nSPS) is 15.5. The molecule has 1 aromatic carbocycles. The van der Waals surface area contributed by atoms with Crippen molar-refractivity contribution >= 4 is 49.9 Å². The number of hydrogen-bond donors (Lipinski definition) is 2. The maximum absolute atomic E-state index is 14.8. The third-order valence-corrected chi connectivity index (χ3v) is 7.76. The number of ether oxygens (including phenoxy) is 1. The summed E-state index contributed by atoms with van der Waals surface area (Å²) in [5.74, 6) is -0.848. The van der Waals surface area contributed by atoms with Crippen LogP contribution in [-0.2, 0) is 10.0 Å². The quantitative estimate of drug-likeness (QED) is 0.369. The zero-order valence-corrected chi connectivity index (χ0v) is 19.9. The molecule has 3 aromatic heterocycles. The highest BCUT2D eigenvalue weighted by atomic mass is 35.5. The smallest absolute Gasteiger partial charge is 0.238 e. The van der Waals surface area contributed by atoms with Gasteiger partial charge in [-0.25, -0.2) is 17.8 Å². The predicted molar refractivity (Wildman–Crippen MR) is 127 cm³/mol. The summed E-state index contributed by atoms with van der Waals surface area (Å²) >= 11 is 12.2. The van der Waals surface area contributed by atoms with Crippen molar-refractivity contribution in [2.24, 2.45) is 5.73 Å². The van der Waals surface area contributed by atoms with Crippen LogP contribution in [0.3, 0.4) is 0 Å². The predicted octanol–water partition coefficient (Wildman–Crippen LogP) is 3.52. The molecule has 1 aliphatic rings. The van der Waals surface area contributed by atoms with E-state index in [0.29, 0.717) is 22.2 Å². The van der Waals surface area contributed by atoms with E-state index < -0.39 is 22.1 Å². The summed E-state index contributed by atoms with van der Waals surface area (Å²) in [7, 11) is -3.46. The highest BCUT2D eigenvalue weighted by Gasteiger charge is 2.35. The van der Waals surface area contributed by atoms with E-state index in [-0.39, 0.29) is 45.0 Å². The molecule has 0 amide bonds. The van der Waals surface area contributed by atoms with Crippen LogP contribution in [0.2, 0.25) is 10.0 Å². The molecule has 1 fully saturated rings. The number of anilines is 1. The number of pyridine rings is 2. The van der Waals surface area contributed by atoms with E-state index in [0.717, 1.165) is 4.31 Å². The van der Waals surface area contributed by atoms with Crippen LogP contribution < -0.4 is 14.8 Å². The molecule has 1 aliphatic heterocycles. The molecule has 0 unspecified atom stereocenters. The third kappa shape index (κ3) is 4.02. The summed E-state index contributed by atoms with van der Waals surface area (Å²) in [6, 6.07) is 6.02. The summed E-state index contributed by atoms with van der Waals surface area (Å²) in [4.78, 5) is 8.04. The van der Waals surface area contributed by atoms with Crippen molar-refractivity contribution in [3.8, 4) is 23.1 Å². The number of nitrogens with two attached hydrogens (primary N) is 1. The van der Waals surface area contributed by atoms with Gasteiger partial charge in [-0.05, 0) is 12.1 Å². The van der Waals surface area contributed by atoms with Gasteiger partial charge in [0.15, 0.2) is 23.6 Å². The summed E-state index contributed by atoms with van der Waals surface area (Å²) in [5.41, 5.74) is 7.50. The van der Waals surface area contributed by atoms with Crippen LogP contribution in [-0.4, -0.2) is 40.9 Å². The summed E-state index contributed by atoms with van der Waals surface area (Å²) in [6.45, 7) is 0.250. The first-order chi connectivity index (χ1) is 16.7. The number of aromatic nitrogens is 4. The molecule has 1 saturated heterocycles. The van der Waals surface area contributed by atoms with Gasteiger partial charge in [-0.15, -0.1) is 0 Å². The van der Waals surface area contributed by atoms with Crippen LogP contribution >= 0.6 is 23.2 Å². The Morgan fingerprint density at radius 2 is 1.97 bits per heavy atom. The molecule has 3 N–H and O–H groups in total.